The smallest absolute Gasteiger partial charge is 0.323 e. The highest BCUT2D eigenvalue weighted by Gasteiger charge is 2.18. The van der Waals surface area contributed by atoms with Crippen LogP contribution in [0.1, 0.15) is 0 Å². The number of halogens is 2. The van der Waals surface area contributed by atoms with Gasteiger partial charge in [0.25, 0.3) is 0 Å². The van der Waals surface area contributed by atoms with E-state index in [1.807, 2.05) is 11.8 Å². The predicted molar refractivity (Wildman–Crippen MR) is 79.3 cm³/mol. The summed E-state index contributed by atoms with van der Waals surface area (Å²) in [7, 11) is 0. The van der Waals surface area contributed by atoms with E-state index in [4.69, 9.17) is 27.7 Å². The van der Waals surface area contributed by atoms with Crippen LogP contribution in [0, 0.1) is 0 Å². The fraction of sp³-hybridized carbons (Fsp3) is 0.333. The molecule has 4 nitrogen and oxygen atoms in total. The molecule has 0 spiro atoms. The standard InChI is InChI=1S/C12H11Cl2N3OS/c13-9-5-8(6-10(14)7-9)11-15-12(18-16-11)17-1-3-19-4-2-17/h5-7H,1-4H2. The van der Waals surface area contributed by atoms with E-state index in [9.17, 15) is 0 Å². The van der Waals surface area contributed by atoms with Gasteiger partial charge in [0.15, 0.2) is 0 Å². The molecular formula is C12H11Cl2N3OS. The van der Waals surface area contributed by atoms with E-state index in [0.29, 0.717) is 21.9 Å². The number of benzene rings is 1. The molecule has 0 saturated carbocycles. The van der Waals surface area contributed by atoms with Crippen LogP contribution in [0.3, 0.4) is 0 Å². The van der Waals surface area contributed by atoms with Gasteiger partial charge in [0, 0.05) is 40.2 Å². The normalized spacial score (nSPS) is 15.8. The number of thioether (sulfide) groups is 1. The van der Waals surface area contributed by atoms with Crippen molar-refractivity contribution in [3.8, 4) is 11.4 Å². The predicted octanol–water partition coefficient (Wildman–Crippen LogP) is 3.60. The molecule has 0 atom stereocenters. The van der Waals surface area contributed by atoms with Gasteiger partial charge in [0.2, 0.25) is 5.82 Å². The first-order valence-corrected chi connectivity index (χ1v) is 7.76. The second kappa shape index (κ2) is 5.61. The van der Waals surface area contributed by atoms with E-state index in [2.05, 4.69) is 15.0 Å². The summed E-state index contributed by atoms with van der Waals surface area (Å²) in [6, 6.07) is 5.78. The highest BCUT2D eigenvalue weighted by molar-refractivity contribution is 7.99. The molecule has 0 aliphatic carbocycles. The van der Waals surface area contributed by atoms with Crippen molar-refractivity contribution in [2.24, 2.45) is 0 Å². The lowest BCUT2D eigenvalue weighted by Crippen LogP contribution is -2.32. The molecule has 2 heterocycles. The number of nitrogens with zero attached hydrogens (tertiary/aromatic N) is 3. The van der Waals surface area contributed by atoms with Crippen molar-refractivity contribution in [2.45, 2.75) is 0 Å². The Labute approximate surface area is 125 Å². The summed E-state index contributed by atoms with van der Waals surface area (Å²) in [5, 5.41) is 5.11. The first kappa shape index (κ1) is 13.1. The van der Waals surface area contributed by atoms with Gasteiger partial charge in [-0.1, -0.05) is 28.4 Å². The Hall–Kier alpha value is -0.910. The Morgan fingerprint density at radius 2 is 1.79 bits per heavy atom. The molecule has 1 aliphatic rings. The summed E-state index contributed by atoms with van der Waals surface area (Å²) in [4.78, 5) is 6.50. The molecule has 0 N–H and O–H groups in total. The minimum Gasteiger partial charge on any atom is -0.323 e. The lowest BCUT2D eigenvalue weighted by molar-refractivity contribution is 0.416. The van der Waals surface area contributed by atoms with Crippen LogP contribution in [0.15, 0.2) is 22.7 Å². The second-order valence-electron chi connectivity index (χ2n) is 4.16. The third kappa shape index (κ3) is 2.99. The Morgan fingerprint density at radius 3 is 2.47 bits per heavy atom. The van der Waals surface area contributed by atoms with Gasteiger partial charge in [0.05, 0.1) is 0 Å². The third-order valence-corrected chi connectivity index (χ3v) is 4.20. The van der Waals surface area contributed by atoms with Gasteiger partial charge in [-0.15, -0.1) is 0 Å². The number of anilines is 1. The van der Waals surface area contributed by atoms with Gasteiger partial charge >= 0.3 is 6.01 Å². The van der Waals surface area contributed by atoms with Crippen LogP contribution in [0.4, 0.5) is 6.01 Å². The Bertz CT molecular complexity index is 564. The molecule has 3 rings (SSSR count). The van der Waals surface area contributed by atoms with E-state index in [1.54, 1.807) is 18.2 Å². The maximum Gasteiger partial charge on any atom is 0.324 e. The maximum atomic E-state index is 5.97. The molecule has 7 heteroatoms. The third-order valence-electron chi connectivity index (χ3n) is 2.82. The molecule has 1 aromatic carbocycles. The minimum atomic E-state index is 0.512. The topological polar surface area (TPSA) is 42.2 Å². The monoisotopic (exact) mass is 315 g/mol. The molecule has 0 unspecified atom stereocenters. The van der Waals surface area contributed by atoms with Crippen molar-refractivity contribution in [1.29, 1.82) is 0 Å². The molecule has 1 saturated heterocycles. The van der Waals surface area contributed by atoms with Crippen LogP contribution in [0.2, 0.25) is 10.0 Å². The Morgan fingerprint density at radius 1 is 1.11 bits per heavy atom. The van der Waals surface area contributed by atoms with E-state index in [0.717, 1.165) is 30.2 Å². The SMILES string of the molecule is Clc1cc(Cl)cc(-c2noc(N3CCSCC3)n2)c1. The average Bonchev–Trinajstić information content (AvgIpc) is 2.88. The molecule has 19 heavy (non-hydrogen) atoms. The molecule has 2 aromatic rings. The summed E-state index contributed by atoms with van der Waals surface area (Å²) >= 11 is 13.9. The molecule has 0 bridgehead atoms. The fourth-order valence-corrected chi connectivity index (χ4v) is 3.33. The van der Waals surface area contributed by atoms with Gasteiger partial charge in [-0.3, -0.25) is 0 Å². The molecule has 0 radical (unpaired) electrons. The molecular weight excluding hydrogens is 305 g/mol. The van der Waals surface area contributed by atoms with Gasteiger partial charge in [-0.05, 0) is 18.2 Å². The zero-order valence-electron chi connectivity index (χ0n) is 9.97. The van der Waals surface area contributed by atoms with E-state index in [-0.39, 0.29) is 0 Å². The van der Waals surface area contributed by atoms with Crippen molar-refractivity contribution >= 4 is 41.0 Å². The fourth-order valence-electron chi connectivity index (χ4n) is 1.90. The zero-order chi connectivity index (χ0) is 13.2. The first-order chi connectivity index (χ1) is 9.22. The molecule has 1 fully saturated rings. The van der Waals surface area contributed by atoms with Crippen LogP contribution in [0.25, 0.3) is 11.4 Å². The minimum absolute atomic E-state index is 0.512. The molecule has 1 aromatic heterocycles. The quantitative estimate of drug-likeness (QED) is 0.847. The lowest BCUT2D eigenvalue weighted by Gasteiger charge is -2.23. The van der Waals surface area contributed by atoms with Crippen molar-refractivity contribution in [2.75, 3.05) is 29.5 Å². The highest BCUT2D eigenvalue weighted by Crippen LogP contribution is 2.27. The average molecular weight is 316 g/mol. The summed E-state index contributed by atoms with van der Waals surface area (Å²) in [6.45, 7) is 1.87. The highest BCUT2D eigenvalue weighted by atomic mass is 35.5. The van der Waals surface area contributed by atoms with Gasteiger partial charge in [0.1, 0.15) is 0 Å². The molecule has 100 valence electrons. The zero-order valence-corrected chi connectivity index (χ0v) is 12.3. The van der Waals surface area contributed by atoms with E-state index < -0.39 is 0 Å². The second-order valence-corrected chi connectivity index (χ2v) is 6.26. The Balaban J connectivity index is 1.87. The number of hydrogen-bond acceptors (Lipinski definition) is 5. The van der Waals surface area contributed by atoms with Crippen molar-refractivity contribution in [1.82, 2.24) is 10.1 Å². The number of hydrogen-bond donors (Lipinski definition) is 0. The molecule has 1 aliphatic heterocycles. The summed E-state index contributed by atoms with van der Waals surface area (Å²) in [5.74, 6) is 2.68. The number of aromatic nitrogens is 2. The van der Waals surface area contributed by atoms with E-state index >= 15 is 0 Å². The van der Waals surface area contributed by atoms with Crippen LogP contribution in [-0.2, 0) is 0 Å². The van der Waals surface area contributed by atoms with E-state index in [1.165, 1.54) is 0 Å². The van der Waals surface area contributed by atoms with Crippen LogP contribution in [-0.4, -0.2) is 34.7 Å². The summed E-state index contributed by atoms with van der Waals surface area (Å²) in [6.07, 6.45) is 0. The van der Waals surface area contributed by atoms with Crippen LogP contribution >= 0.6 is 35.0 Å². The van der Waals surface area contributed by atoms with Gasteiger partial charge in [-0.25, -0.2) is 0 Å². The Kier molecular flexibility index (Phi) is 3.86. The van der Waals surface area contributed by atoms with Gasteiger partial charge in [-0.2, -0.15) is 16.7 Å². The van der Waals surface area contributed by atoms with Crippen molar-refractivity contribution in [3.63, 3.8) is 0 Å². The lowest BCUT2D eigenvalue weighted by atomic mass is 10.2. The summed E-state index contributed by atoms with van der Waals surface area (Å²) < 4.78 is 5.31. The number of rotatable bonds is 2. The van der Waals surface area contributed by atoms with Crippen LogP contribution in [0.5, 0.6) is 0 Å². The maximum absolute atomic E-state index is 5.97. The largest absolute Gasteiger partial charge is 0.324 e. The molecule has 0 amide bonds. The summed E-state index contributed by atoms with van der Waals surface area (Å²) in [5.41, 5.74) is 0.763. The first-order valence-electron chi connectivity index (χ1n) is 5.85. The van der Waals surface area contributed by atoms with Gasteiger partial charge < -0.3 is 9.42 Å². The van der Waals surface area contributed by atoms with Crippen molar-refractivity contribution in [3.05, 3.63) is 28.2 Å². The van der Waals surface area contributed by atoms with Crippen LogP contribution < -0.4 is 4.90 Å². The van der Waals surface area contributed by atoms with Crippen molar-refractivity contribution < 1.29 is 4.52 Å².